The summed E-state index contributed by atoms with van der Waals surface area (Å²) in [6, 6.07) is 5.92. The van der Waals surface area contributed by atoms with E-state index in [-0.39, 0.29) is 48.6 Å². The summed E-state index contributed by atoms with van der Waals surface area (Å²) in [6.07, 6.45) is -3.51. The second-order valence-corrected chi connectivity index (χ2v) is 10.5. The van der Waals surface area contributed by atoms with Gasteiger partial charge in [-0.1, -0.05) is 23.2 Å². The van der Waals surface area contributed by atoms with Gasteiger partial charge in [-0.05, 0) is 50.5 Å². The Hall–Kier alpha value is -1.82. The van der Waals surface area contributed by atoms with Gasteiger partial charge in [0.05, 0.1) is 15.6 Å². The molecule has 13 heteroatoms. The van der Waals surface area contributed by atoms with Gasteiger partial charge in [0.15, 0.2) is 5.69 Å². The number of aryl methyl sites for hydroxylation is 1. The number of carbonyl (C=O) groups is 1. The molecule has 1 aromatic carbocycles. The first-order chi connectivity index (χ1) is 15.4. The van der Waals surface area contributed by atoms with Gasteiger partial charge in [0.25, 0.3) is 0 Å². The van der Waals surface area contributed by atoms with Crippen LogP contribution in [0.2, 0.25) is 10.0 Å². The van der Waals surface area contributed by atoms with Crippen molar-refractivity contribution in [2.75, 3.05) is 19.6 Å². The number of hydrogen-bond acceptors (Lipinski definition) is 4. The molecule has 1 N–H and O–H groups in total. The zero-order valence-electron chi connectivity index (χ0n) is 17.7. The summed E-state index contributed by atoms with van der Waals surface area (Å²) in [5.74, 6) is -0.538. The fourth-order valence-corrected chi connectivity index (χ4v) is 5.46. The standard InChI is InChI=1S/C20H23Cl2F3N4O3S/c1-13-17(22)18(20(23,24)25)27-29(13)10-2-9-26-19(30)14-7-11-28(12-8-14)33(31,32)16-5-3-15(21)4-6-16/h3-6,14H,2,7-12H2,1H3,(H,26,30). The zero-order chi connectivity index (χ0) is 24.4. The first kappa shape index (κ1) is 25.8. The van der Waals surface area contributed by atoms with E-state index in [1.807, 2.05) is 0 Å². The molecule has 0 bridgehead atoms. The van der Waals surface area contributed by atoms with Crippen LogP contribution >= 0.6 is 23.2 Å². The van der Waals surface area contributed by atoms with Crippen LogP contribution in [0.1, 0.15) is 30.7 Å². The number of halogens is 5. The summed E-state index contributed by atoms with van der Waals surface area (Å²) in [5.41, 5.74) is -0.907. The molecule has 2 aromatic rings. The molecule has 2 heterocycles. The van der Waals surface area contributed by atoms with Crippen LogP contribution in [0.5, 0.6) is 0 Å². The molecule has 1 aliphatic heterocycles. The van der Waals surface area contributed by atoms with Crippen molar-refractivity contribution >= 4 is 39.1 Å². The van der Waals surface area contributed by atoms with Crippen molar-refractivity contribution in [3.63, 3.8) is 0 Å². The molecule has 1 aromatic heterocycles. The van der Waals surface area contributed by atoms with Crippen LogP contribution < -0.4 is 5.32 Å². The number of amides is 1. The SMILES string of the molecule is Cc1c(Cl)c(C(F)(F)F)nn1CCCNC(=O)C1CCN(S(=O)(=O)c2ccc(Cl)cc2)CC1. The number of rotatable bonds is 7. The van der Waals surface area contributed by atoms with E-state index in [2.05, 4.69) is 10.4 Å². The highest BCUT2D eigenvalue weighted by atomic mass is 35.5. The lowest BCUT2D eigenvalue weighted by atomic mass is 9.97. The second kappa shape index (κ2) is 10.2. The molecule has 182 valence electrons. The minimum absolute atomic E-state index is 0.150. The van der Waals surface area contributed by atoms with Crippen molar-refractivity contribution in [2.45, 2.75) is 43.8 Å². The Morgan fingerprint density at radius 3 is 2.33 bits per heavy atom. The fourth-order valence-electron chi connectivity index (χ4n) is 3.62. The van der Waals surface area contributed by atoms with Crippen molar-refractivity contribution in [1.82, 2.24) is 19.4 Å². The summed E-state index contributed by atoms with van der Waals surface area (Å²) >= 11 is 11.5. The highest BCUT2D eigenvalue weighted by molar-refractivity contribution is 7.89. The van der Waals surface area contributed by atoms with Gasteiger partial charge in [0, 0.05) is 37.1 Å². The van der Waals surface area contributed by atoms with E-state index < -0.39 is 26.9 Å². The Kier molecular flexibility index (Phi) is 7.98. The number of nitrogens with zero attached hydrogens (tertiary/aromatic N) is 3. The minimum atomic E-state index is -4.63. The molecule has 1 fully saturated rings. The van der Waals surface area contributed by atoms with Crippen molar-refractivity contribution < 1.29 is 26.4 Å². The molecule has 1 saturated heterocycles. The van der Waals surface area contributed by atoms with Crippen molar-refractivity contribution in [2.24, 2.45) is 5.92 Å². The van der Waals surface area contributed by atoms with Gasteiger partial charge in [-0.25, -0.2) is 8.42 Å². The predicted octanol–water partition coefficient (Wildman–Crippen LogP) is 4.12. The highest BCUT2D eigenvalue weighted by Gasteiger charge is 2.38. The van der Waals surface area contributed by atoms with Gasteiger partial charge in [-0.3, -0.25) is 9.48 Å². The number of sulfonamides is 1. The molecule has 0 aliphatic carbocycles. The third kappa shape index (κ3) is 6.00. The Morgan fingerprint density at radius 2 is 1.79 bits per heavy atom. The Labute approximate surface area is 199 Å². The summed E-state index contributed by atoms with van der Waals surface area (Å²) < 4.78 is 66.7. The number of piperidine rings is 1. The minimum Gasteiger partial charge on any atom is -0.356 e. The molecule has 0 radical (unpaired) electrons. The monoisotopic (exact) mass is 526 g/mol. The molecular formula is C20H23Cl2F3N4O3S. The number of carbonyl (C=O) groups excluding carboxylic acids is 1. The summed E-state index contributed by atoms with van der Waals surface area (Å²) in [6.45, 7) is 2.30. The van der Waals surface area contributed by atoms with E-state index in [0.717, 1.165) is 0 Å². The molecule has 33 heavy (non-hydrogen) atoms. The van der Waals surface area contributed by atoms with Crippen LogP contribution in [0.3, 0.4) is 0 Å². The van der Waals surface area contributed by atoms with Gasteiger partial charge in [-0.2, -0.15) is 22.6 Å². The van der Waals surface area contributed by atoms with Gasteiger partial charge in [-0.15, -0.1) is 0 Å². The molecule has 7 nitrogen and oxygen atoms in total. The van der Waals surface area contributed by atoms with E-state index in [4.69, 9.17) is 23.2 Å². The van der Waals surface area contributed by atoms with E-state index in [1.54, 1.807) is 0 Å². The largest absolute Gasteiger partial charge is 0.436 e. The molecule has 0 spiro atoms. The molecule has 1 amide bonds. The lowest BCUT2D eigenvalue weighted by Gasteiger charge is -2.30. The predicted molar refractivity (Wildman–Crippen MR) is 118 cm³/mol. The lowest BCUT2D eigenvalue weighted by molar-refractivity contribution is -0.141. The average molecular weight is 527 g/mol. The third-order valence-electron chi connectivity index (χ3n) is 5.52. The summed E-state index contributed by atoms with van der Waals surface area (Å²) in [5, 5.41) is 6.31. The first-order valence-electron chi connectivity index (χ1n) is 10.2. The summed E-state index contributed by atoms with van der Waals surface area (Å²) in [4.78, 5) is 12.6. The van der Waals surface area contributed by atoms with Crippen LogP contribution in [0, 0.1) is 12.8 Å². The molecule has 0 unspecified atom stereocenters. The molecule has 1 aliphatic rings. The van der Waals surface area contributed by atoms with Gasteiger partial charge >= 0.3 is 6.18 Å². The first-order valence-corrected chi connectivity index (χ1v) is 12.4. The average Bonchev–Trinajstić information content (AvgIpc) is 3.06. The van der Waals surface area contributed by atoms with Crippen LogP contribution in [0.25, 0.3) is 0 Å². The van der Waals surface area contributed by atoms with E-state index >= 15 is 0 Å². The topological polar surface area (TPSA) is 84.3 Å². The van der Waals surface area contributed by atoms with Crippen LogP contribution in [0.15, 0.2) is 29.2 Å². The molecular weight excluding hydrogens is 504 g/mol. The fraction of sp³-hybridized carbons (Fsp3) is 0.500. The second-order valence-electron chi connectivity index (χ2n) is 7.75. The molecule has 3 rings (SSSR count). The number of aromatic nitrogens is 2. The number of nitrogens with one attached hydrogen (secondary N) is 1. The molecule has 0 atom stereocenters. The third-order valence-corrected chi connectivity index (χ3v) is 8.14. The number of hydrogen-bond donors (Lipinski definition) is 1. The van der Waals surface area contributed by atoms with Crippen LogP contribution in [0.4, 0.5) is 13.2 Å². The number of benzene rings is 1. The summed E-state index contributed by atoms with van der Waals surface area (Å²) in [7, 11) is -3.65. The maximum absolute atomic E-state index is 12.9. The van der Waals surface area contributed by atoms with E-state index in [9.17, 15) is 26.4 Å². The Bertz CT molecular complexity index is 1100. The smallest absolute Gasteiger partial charge is 0.356 e. The lowest BCUT2D eigenvalue weighted by Crippen LogP contribution is -2.43. The normalized spacial score (nSPS) is 16.2. The van der Waals surface area contributed by atoms with Gasteiger partial charge < -0.3 is 5.32 Å². The Balaban J connectivity index is 1.46. The maximum atomic E-state index is 12.9. The highest BCUT2D eigenvalue weighted by Crippen LogP contribution is 2.35. The maximum Gasteiger partial charge on any atom is 0.436 e. The van der Waals surface area contributed by atoms with Crippen molar-refractivity contribution in [3.05, 3.63) is 45.7 Å². The van der Waals surface area contributed by atoms with Crippen molar-refractivity contribution in [1.29, 1.82) is 0 Å². The zero-order valence-corrected chi connectivity index (χ0v) is 20.0. The number of alkyl halides is 3. The van der Waals surface area contributed by atoms with E-state index in [0.29, 0.717) is 24.3 Å². The van der Waals surface area contributed by atoms with Crippen LogP contribution in [-0.2, 0) is 27.5 Å². The van der Waals surface area contributed by atoms with Crippen LogP contribution in [-0.4, -0.2) is 48.0 Å². The molecule has 0 saturated carbocycles. The van der Waals surface area contributed by atoms with Crippen molar-refractivity contribution in [3.8, 4) is 0 Å². The quantitative estimate of drug-likeness (QED) is 0.550. The van der Waals surface area contributed by atoms with Gasteiger partial charge in [0.1, 0.15) is 0 Å². The Morgan fingerprint density at radius 1 is 1.18 bits per heavy atom. The van der Waals surface area contributed by atoms with Gasteiger partial charge in [0.2, 0.25) is 15.9 Å². The van der Waals surface area contributed by atoms with E-state index in [1.165, 1.54) is 40.2 Å².